The largest absolute Gasteiger partial charge is 0.398 e. The van der Waals surface area contributed by atoms with Gasteiger partial charge in [0.05, 0.1) is 12.2 Å². The van der Waals surface area contributed by atoms with Crippen LogP contribution in [0.3, 0.4) is 0 Å². The van der Waals surface area contributed by atoms with Crippen molar-refractivity contribution in [2.45, 2.75) is 13.5 Å². The molecule has 20 heavy (non-hydrogen) atoms. The zero-order valence-corrected chi connectivity index (χ0v) is 11.4. The molecule has 2 rings (SSSR count). The quantitative estimate of drug-likeness (QED) is 0.873. The molecule has 0 spiro atoms. The van der Waals surface area contributed by atoms with Gasteiger partial charge in [0.25, 0.3) is 5.91 Å². The zero-order valence-electron chi connectivity index (χ0n) is 11.4. The van der Waals surface area contributed by atoms with Crippen molar-refractivity contribution in [2.75, 3.05) is 12.8 Å². The molecule has 1 aromatic heterocycles. The highest BCUT2D eigenvalue weighted by molar-refractivity contribution is 5.95. The van der Waals surface area contributed by atoms with Gasteiger partial charge in [-0.25, -0.2) is 4.39 Å². The van der Waals surface area contributed by atoms with E-state index in [1.807, 2.05) is 12.1 Å². The topological polar surface area (TPSA) is 59.2 Å². The molecule has 1 aromatic carbocycles. The molecule has 0 aliphatic heterocycles. The summed E-state index contributed by atoms with van der Waals surface area (Å²) < 4.78 is 13.6. The second kappa shape index (κ2) is 5.69. The number of anilines is 1. The number of nitrogen functional groups attached to an aromatic ring is 1. The second-order valence-corrected chi connectivity index (χ2v) is 4.65. The molecule has 1 heterocycles. The van der Waals surface area contributed by atoms with E-state index in [0.717, 1.165) is 5.69 Å². The number of hydrogen-bond acceptors (Lipinski definition) is 3. The van der Waals surface area contributed by atoms with Crippen LogP contribution in [0.4, 0.5) is 10.1 Å². The summed E-state index contributed by atoms with van der Waals surface area (Å²) in [5.41, 5.74) is 7.33. The molecule has 104 valence electrons. The van der Waals surface area contributed by atoms with E-state index in [2.05, 4.69) is 4.98 Å². The highest BCUT2D eigenvalue weighted by atomic mass is 19.1. The maximum absolute atomic E-state index is 13.6. The first kappa shape index (κ1) is 14.0. The lowest BCUT2D eigenvalue weighted by atomic mass is 10.1. The highest BCUT2D eigenvalue weighted by Crippen LogP contribution is 2.19. The lowest BCUT2D eigenvalue weighted by Gasteiger charge is -2.17. The Morgan fingerprint density at radius 1 is 1.40 bits per heavy atom. The van der Waals surface area contributed by atoms with Gasteiger partial charge < -0.3 is 10.6 Å². The summed E-state index contributed by atoms with van der Waals surface area (Å²) in [6, 6.07) is 8.19. The van der Waals surface area contributed by atoms with Gasteiger partial charge in [0.1, 0.15) is 5.82 Å². The molecule has 0 radical (unpaired) electrons. The molecule has 0 atom stereocenters. The fourth-order valence-corrected chi connectivity index (χ4v) is 1.85. The van der Waals surface area contributed by atoms with Crippen molar-refractivity contribution in [1.29, 1.82) is 0 Å². The fourth-order valence-electron chi connectivity index (χ4n) is 1.85. The van der Waals surface area contributed by atoms with Crippen LogP contribution in [0.15, 0.2) is 36.5 Å². The van der Waals surface area contributed by atoms with Crippen LogP contribution in [-0.2, 0) is 6.54 Å². The van der Waals surface area contributed by atoms with E-state index in [1.165, 1.54) is 17.0 Å². The number of nitrogens with zero attached hydrogens (tertiary/aromatic N) is 2. The normalized spacial score (nSPS) is 10.3. The maximum Gasteiger partial charge on any atom is 0.254 e. The summed E-state index contributed by atoms with van der Waals surface area (Å²) in [6.07, 6.45) is 1.66. The Morgan fingerprint density at radius 2 is 2.15 bits per heavy atom. The number of amides is 1. The van der Waals surface area contributed by atoms with Crippen LogP contribution in [0.25, 0.3) is 0 Å². The van der Waals surface area contributed by atoms with E-state index in [-0.39, 0.29) is 17.2 Å². The number of pyridine rings is 1. The van der Waals surface area contributed by atoms with Crippen LogP contribution in [0.1, 0.15) is 21.6 Å². The Morgan fingerprint density at radius 3 is 2.75 bits per heavy atom. The van der Waals surface area contributed by atoms with Gasteiger partial charge in [0.15, 0.2) is 0 Å². The Hall–Kier alpha value is -2.43. The van der Waals surface area contributed by atoms with Crippen LogP contribution in [0.2, 0.25) is 0 Å². The second-order valence-electron chi connectivity index (χ2n) is 4.65. The first-order chi connectivity index (χ1) is 9.49. The standard InChI is InChI=1S/C15H16FN3O/c1-10-13(16)7-11(8-14(10)17)15(20)19(2)9-12-5-3-4-6-18-12/h3-8H,9,17H2,1-2H3. The average Bonchev–Trinajstić information content (AvgIpc) is 2.44. The molecule has 0 aliphatic carbocycles. The van der Waals surface area contributed by atoms with Crippen molar-refractivity contribution in [2.24, 2.45) is 0 Å². The molecule has 4 nitrogen and oxygen atoms in total. The van der Waals surface area contributed by atoms with Gasteiger partial charge >= 0.3 is 0 Å². The summed E-state index contributed by atoms with van der Waals surface area (Å²) in [6.45, 7) is 1.94. The third-order valence-electron chi connectivity index (χ3n) is 3.10. The monoisotopic (exact) mass is 273 g/mol. The minimum atomic E-state index is -0.473. The summed E-state index contributed by atoms with van der Waals surface area (Å²) in [7, 11) is 1.64. The number of carbonyl (C=O) groups is 1. The van der Waals surface area contributed by atoms with Gasteiger partial charge in [0.2, 0.25) is 0 Å². The average molecular weight is 273 g/mol. The molecular weight excluding hydrogens is 257 g/mol. The number of carbonyl (C=O) groups excluding carboxylic acids is 1. The smallest absolute Gasteiger partial charge is 0.254 e. The van der Waals surface area contributed by atoms with Gasteiger partial charge in [0, 0.05) is 30.1 Å². The number of rotatable bonds is 3. The predicted molar refractivity (Wildman–Crippen MR) is 75.6 cm³/mol. The Labute approximate surface area is 117 Å². The first-order valence-corrected chi connectivity index (χ1v) is 6.20. The molecule has 0 saturated carbocycles. The van der Waals surface area contributed by atoms with E-state index in [1.54, 1.807) is 26.2 Å². The Kier molecular flexibility index (Phi) is 3.98. The minimum Gasteiger partial charge on any atom is -0.398 e. The summed E-state index contributed by atoms with van der Waals surface area (Å²) in [5, 5.41) is 0. The lowest BCUT2D eigenvalue weighted by Crippen LogP contribution is -2.26. The SMILES string of the molecule is Cc1c(N)cc(C(=O)N(C)Cc2ccccn2)cc1F. The number of nitrogens with two attached hydrogens (primary N) is 1. The van der Waals surface area contributed by atoms with Crippen molar-refractivity contribution in [3.05, 3.63) is 59.2 Å². The minimum absolute atomic E-state index is 0.240. The van der Waals surface area contributed by atoms with Gasteiger partial charge in [-0.3, -0.25) is 9.78 Å². The molecular formula is C15H16FN3O. The zero-order chi connectivity index (χ0) is 14.7. The third-order valence-corrected chi connectivity index (χ3v) is 3.10. The number of hydrogen-bond donors (Lipinski definition) is 1. The van der Waals surface area contributed by atoms with Crippen molar-refractivity contribution in [1.82, 2.24) is 9.88 Å². The number of benzene rings is 1. The third kappa shape index (κ3) is 2.93. The van der Waals surface area contributed by atoms with Gasteiger partial charge in [-0.1, -0.05) is 6.07 Å². The molecule has 0 unspecified atom stereocenters. The van der Waals surface area contributed by atoms with Crippen LogP contribution in [0, 0.1) is 12.7 Å². The molecule has 0 aliphatic rings. The molecule has 2 N–H and O–H groups in total. The van der Waals surface area contributed by atoms with Gasteiger partial charge in [-0.05, 0) is 31.2 Å². The van der Waals surface area contributed by atoms with Crippen LogP contribution in [-0.4, -0.2) is 22.8 Å². The summed E-state index contributed by atoms with van der Waals surface area (Å²) >= 11 is 0. The van der Waals surface area contributed by atoms with Crippen LogP contribution >= 0.6 is 0 Å². The first-order valence-electron chi connectivity index (χ1n) is 6.20. The van der Waals surface area contributed by atoms with Gasteiger partial charge in [-0.15, -0.1) is 0 Å². The molecule has 5 heteroatoms. The van der Waals surface area contributed by atoms with Gasteiger partial charge in [-0.2, -0.15) is 0 Å². The van der Waals surface area contributed by atoms with Crippen LogP contribution < -0.4 is 5.73 Å². The molecule has 0 fully saturated rings. The van der Waals surface area contributed by atoms with E-state index in [4.69, 9.17) is 5.73 Å². The highest BCUT2D eigenvalue weighted by Gasteiger charge is 2.15. The van der Waals surface area contributed by atoms with Crippen molar-refractivity contribution < 1.29 is 9.18 Å². The number of aromatic nitrogens is 1. The Bertz CT molecular complexity index is 605. The fraction of sp³-hybridized carbons (Fsp3) is 0.200. The molecule has 2 aromatic rings. The van der Waals surface area contributed by atoms with Crippen molar-refractivity contribution in [3.63, 3.8) is 0 Å². The van der Waals surface area contributed by atoms with E-state index < -0.39 is 5.82 Å². The van der Waals surface area contributed by atoms with Crippen molar-refractivity contribution >= 4 is 11.6 Å². The van der Waals surface area contributed by atoms with E-state index in [0.29, 0.717) is 12.1 Å². The van der Waals surface area contributed by atoms with E-state index in [9.17, 15) is 9.18 Å². The molecule has 0 saturated heterocycles. The molecule has 1 amide bonds. The summed E-state index contributed by atoms with van der Waals surface area (Å²) in [5.74, 6) is -0.763. The molecule has 0 bridgehead atoms. The Balaban J connectivity index is 2.19. The lowest BCUT2D eigenvalue weighted by molar-refractivity contribution is 0.0783. The maximum atomic E-state index is 13.6. The predicted octanol–water partition coefficient (Wildman–Crippen LogP) is 2.38. The van der Waals surface area contributed by atoms with Crippen molar-refractivity contribution in [3.8, 4) is 0 Å². The van der Waals surface area contributed by atoms with Crippen LogP contribution in [0.5, 0.6) is 0 Å². The van der Waals surface area contributed by atoms with E-state index >= 15 is 0 Å². The summed E-state index contributed by atoms with van der Waals surface area (Å²) in [4.78, 5) is 17.9. The number of halogens is 1.